The summed E-state index contributed by atoms with van der Waals surface area (Å²) in [5.41, 5.74) is 1.87. The van der Waals surface area contributed by atoms with Gasteiger partial charge < -0.3 is 10.0 Å². The minimum Gasteiger partial charge on any atom is -0.481 e. The van der Waals surface area contributed by atoms with Crippen molar-refractivity contribution in [2.75, 3.05) is 11.4 Å². The zero-order valence-electron chi connectivity index (χ0n) is 12.0. The number of nitrogens with zero attached hydrogens (tertiary/aromatic N) is 1. The molecule has 1 aliphatic heterocycles. The number of carboxylic acids is 1. The van der Waals surface area contributed by atoms with Gasteiger partial charge in [-0.2, -0.15) is 0 Å². The van der Waals surface area contributed by atoms with Gasteiger partial charge in [-0.1, -0.05) is 25.1 Å². The van der Waals surface area contributed by atoms with Crippen LogP contribution in [0.2, 0.25) is 0 Å². The summed E-state index contributed by atoms with van der Waals surface area (Å²) in [5.74, 6) is -0.703. The zero-order chi connectivity index (χ0) is 14.0. The van der Waals surface area contributed by atoms with E-state index in [0.29, 0.717) is 19.0 Å². The molecule has 0 amide bonds. The van der Waals surface area contributed by atoms with E-state index in [4.69, 9.17) is 0 Å². The molecule has 1 aromatic carbocycles. The van der Waals surface area contributed by atoms with E-state index in [2.05, 4.69) is 30.0 Å². The van der Waals surface area contributed by atoms with Crippen molar-refractivity contribution in [3.63, 3.8) is 0 Å². The van der Waals surface area contributed by atoms with Crippen molar-refractivity contribution < 1.29 is 9.90 Å². The van der Waals surface area contributed by atoms with Gasteiger partial charge in [0.15, 0.2) is 0 Å². The quantitative estimate of drug-likeness (QED) is 0.903. The zero-order valence-corrected chi connectivity index (χ0v) is 12.0. The Hall–Kier alpha value is -1.51. The first-order chi connectivity index (χ1) is 8.98. The fourth-order valence-electron chi connectivity index (χ4n) is 2.71. The van der Waals surface area contributed by atoms with Gasteiger partial charge in [-0.15, -0.1) is 0 Å². The molecule has 0 radical (unpaired) electrons. The molecule has 19 heavy (non-hydrogen) atoms. The first-order valence-corrected chi connectivity index (χ1v) is 7.06. The molecular formula is C16H23NO2. The van der Waals surface area contributed by atoms with Crippen molar-refractivity contribution in [2.45, 2.75) is 46.1 Å². The van der Waals surface area contributed by atoms with Crippen LogP contribution < -0.4 is 4.90 Å². The van der Waals surface area contributed by atoms with Crippen LogP contribution >= 0.6 is 0 Å². The molecule has 0 fully saturated rings. The van der Waals surface area contributed by atoms with Crippen LogP contribution in [0, 0.1) is 5.41 Å². The molecule has 3 heteroatoms. The number of fused-ring (bicyclic) bond motifs is 1. The van der Waals surface area contributed by atoms with E-state index < -0.39 is 11.4 Å². The molecule has 0 bridgehead atoms. The first kappa shape index (κ1) is 13.9. The number of carboxylic acid groups (broad SMARTS) is 1. The van der Waals surface area contributed by atoms with E-state index in [1.54, 1.807) is 0 Å². The minimum atomic E-state index is -0.703. The number of rotatable bonds is 4. The van der Waals surface area contributed by atoms with E-state index in [0.717, 1.165) is 12.8 Å². The summed E-state index contributed by atoms with van der Waals surface area (Å²) >= 11 is 0. The molecule has 3 nitrogen and oxygen atoms in total. The van der Waals surface area contributed by atoms with Crippen LogP contribution in [0.4, 0.5) is 5.69 Å². The molecule has 0 spiro atoms. The second kappa shape index (κ2) is 5.24. The number of aliphatic carboxylic acids is 1. The Morgan fingerprint density at radius 3 is 2.79 bits per heavy atom. The maximum atomic E-state index is 11.5. The fourth-order valence-corrected chi connectivity index (χ4v) is 2.71. The van der Waals surface area contributed by atoms with Crippen molar-refractivity contribution in [2.24, 2.45) is 5.41 Å². The van der Waals surface area contributed by atoms with E-state index in [1.165, 1.54) is 11.3 Å². The Balaban J connectivity index is 2.31. The highest BCUT2D eigenvalue weighted by Gasteiger charge is 2.36. The second-order valence-corrected chi connectivity index (χ2v) is 5.86. The maximum absolute atomic E-state index is 11.5. The summed E-state index contributed by atoms with van der Waals surface area (Å²) in [6.07, 6.45) is 2.83. The lowest BCUT2D eigenvalue weighted by Gasteiger charge is -2.41. The van der Waals surface area contributed by atoms with Gasteiger partial charge in [0.2, 0.25) is 0 Å². The van der Waals surface area contributed by atoms with Gasteiger partial charge >= 0.3 is 5.97 Å². The molecule has 104 valence electrons. The molecule has 2 atom stereocenters. The monoisotopic (exact) mass is 261 g/mol. The van der Waals surface area contributed by atoms with Crippen LogP contribution in [0.1, 0.15) is 39.2 Å². The third-order valence-corrected chi connectivity index (χ3v) is 4.48. The van der Waals surface area contributed by atoms with Crippen LogP contribution in [0.25, 0.3) is 0 Å². The summed E-state index contributed by atoms with van der Waals surface area (Å²) in [4.78, 5) is 13.8. The van der Waals surface area contributed by atoms with Crippen molar-refractivity contribution in [1.82, 2.24) is 0 Å². The Kier molecular flexibility index (Phi) is 3.83. The van der Waals surface area contributed by atoms with Gasteiger partial charge in [0, 0.05) is 18.3 Å². The largest absolute Gasteiger partial charge is 0.481 e. The van der Waals surface area contributed by atoms with Gasteiger partial charge in [0.25, 0.3) is 0 Å². The highest BCUT2D eigenvalue weighted by molar-refractivity contribution is 5.75. The fraction of sp³-hybridized carbons (Fsp3) is 0.562. The SMILES string of the molecule is CCC(C)(CN1c2ccccc2CCC1C)C(=O)O. The van der Waals surface area contributed by atoms with E-state index in [1.807, 2.05) is 19.9 Å². The lowest BCUT2D eigenvalue weighted by atomic mass is 9.85. The number of para-hydroxylation sites is 1. The predicted octanol–water partition coefficient (Wildman–Crippen LogP) is 3.33. The minimum absolute atomic E-state index is 0.403. The molecule has 2 unspecified atom stereocenters. The number of anilines is 1. The molecule has 1 aliphatic rings. The van der Waals surface area contributed by atoms with Crippen molar-refractivity contribution in [1.29, 1.82) is 0 Å². The van der Waals surface area contributed by atoms with Crippen LogP contribution in [-0.2, 0) is 11.2 Å². The number of aryl methyl sites for hydroxylation is 1. The molecule has 0 saturated heterocycles. The highest BCUT2D eigenvalue weighted by atomic mass is 16.4. The average Bonchev–Trinajstić information content (AvgIpc) is 2.41. The third kappa shape index (κ3) is 2.60. The molecule has 0 aromatic heterocycles. The van der Waals surface area contributed by atoms with E-state index in [-0.39, 0.29) is 0 Å². The third-order valence-electron chi connectivity index (χ3n) is 4.48. The second-order valence-electron chi connectivity index (χ2n) is 5.86. The molecule has 0 saturated carbocycles. The average molecular weight is 261 g/mol. The van der Waals surface area contributed by atoms with Gasteiger partial charge in [-0.05, 0) is 44.7 Å². The standard InChI is InChI=1S/C16H23NO2/c1-4-16(3,15(18)19)11-17-12(2)9-10-13-7-5-6-8-14(13)17/h5-8,12H,4,9-11H2,1-3H3,(H,18,19). The van der Waals surface area contributed by atoms with Crippen molar-refractivity contribution in [3.8, 4) is 0 Å². The Bertz CT molecular complexity index is 472. The topological polar surface area (TPSA) is 40.5 Å². The lowest BCUT2D eigenvalue weighted by molar-refractivity contribution is -0.147. The predicted molar refractivity (Wildman–Crippen MR) is 77.6 cm³/mol. The van der Waals surface area contributed by atoms with Crippen molar-refractivity contribution >= 4 is 11.7 Å². The van der Waals surface area contributed by atoms with Crippen LogP contribution in [0.5, 0.6) is 0 Å². The summed E-state index contributed by atoms with van der Waals surface area (Å²) in [5, 5.41) is 9.47. The highest BCUT2D eigenvalue weighted by Crippen LogP contribution is 2.34. The molecule has 2 rings (SSSR count). The van der Waals surface area contributed by atoms with Crippen LogP contribution in [0.15, 0.2) is 24.3 Å². The number of hydrogen-bond donors (Lipinski definition) is 1. The number of benzene rings is 1. The molecule has 1 heterocycles. The normalized spacial score (nSPS) is 21.6. The molecule has 1 N–H and O–H groups in total. The number of carbonyl (C=O) groups is 1. The van der Waals surface area contributed by atoms with Crippen molar-refractivity contribution in [3.05, 3.63) is 29.8 Å². The number of hydrogen-bond acceptors (Lipinski definition) is 2. The lowest BCUT2D eigenvalue weighted by Crippen LogP contribution is -2.46. The summed E-state index contributed by atoms with van der Waals surface area (Å²) in [6.45, 7) is 6.57. The molecule has 0 aliphatic carbocycles. The van der Waals surface area contributed by atoms with Gasteiger partial charge in [-0.3, -0.25) is 4.79 Å². The maximum Gasteiger partial charge on any atom is 0.311 e. The Labute approximate surface area is 115 Å². The molecular weight excluding hydrogens is 238 g/mol. The molecule has 1 aromatic rings. The summed E-state index contributed by atoms with van der Waals surface area (Å²) in [6, 6.07) is 8.76. The van der Waals surface area contributed by atoms with Crippen LogP contribution in [0.3, 0.4) is 0 Å². The summed E-state index contributed by atoms with van der Waals surface area (Å²) in [7, 11) is 0. The van der Waals surface area contributed by atoms with E-state index in [9.17, 15) is 9.90 Å². The van der Waals surface area contributed by atoms with Crippen LogP contribution in [-0.4, -0.2) is 23.7 Å². The Morgan fingerprint density at radius 2 is 2.16 bits per heavy atom. The van der Waals surface area contributed by atoms with Gasteiger partial charge in [0.05, 0.1) is 5.41 Å². The van der Waals surface area contributed by atoms with Gasteiger partial charge in [-0.25, -0.2) is 0 Å². The van der Waals surface area contributed by atoms with E-state index >= 15 is 0 Å². The van der Waals surface area contributed by atoms with Gasteiger partial charge in [0.1, 0.15) is 0 Å². The first-order valence-electron chi connectivity index (χ1n) is 7.06. The summed E-state index contributed by atoms with van der Waals surface area (Å²) < 4.78 is 0. The smallest absolute Gasteiger partial charge is 0.311 e. The Morgan fingerprint density at radius 1 is 1.47 bits per heavy atom.